The lowest BCUT2D eigenvalue weighted by atomic mass is 9.87. The number of hydrogen-bond donors (Lipinski definition) is 0. The van der Waals surface area contributed by atoms with Gasteiger partial charge in [0.15, 0.2) is 0 Å². The fraction of sp³-hybridized carbons (Fsp3) is 0.409. The molecule has 3 nitrogen and oxygen atoms in total. The second-order valence-electron chi connectivity index (χ2n) is 8.06. The third-order valence-corrected chi connectivity index (χ3v) is 5.13. The number of carbonyl (C=O) groups excluding carboxylic acids is 1. The molecular formula is C22H27FN2O. The molecule has 1 saturated heterocycles. The highest BCUT2D eigenvalue weighted by Crippen LogP contribution is 2.27. The highest BCUT2D eigenvalue weighted by Gasteiger charge is 2.32. The summed E-state index contributed by atoms with van der Waals surface area (Å²) in [6.45, 7) is 10.6. The molecule has 1 aliphatic rings. The lowest BCUT2D eigenvalue weighted by Crippen LogP contribution is -2.55. The van der Waals surface area contributed by atoms with Gasteiger partial charge in [-0.05, 0) is 47.7 Å². The lowest BCUT2D eigenvalue weighted by Gasteiger charge is -2.39. The standard InChI is InChI=1S/C22H27FN2O/c1-16-21(26)25(20-11-7-18(8-12-20)22(2,3)4)14-13-24(16)15-17-5-9-19(23)10-6-17/h5-12,16H,13-15H2,1-4H3/t16-/m1/s1. The molecule has 1 amide bonds. The number of nitrogens with zero attached hydrogens (tertiary/aromatic N) is 2. The zero-order valence-electron chi connectivity index (χ0n) is 16.0. The van der Waals surface area contributed by atoms with Crippen molar-refractivity contribution in [3.05, 3.63) is 65.5 Å². The molecule has 0 aromatic heterocycles. The molecule has 2 aromatic rings. The van der Waals surface area contributed by atoms with Gasteiger partial charge in [-0.1, -0.05) is 45.0 Å². The van der Waals surface area contributed by atoms with E-state index < -0.39 is 0 Å². The minimum Gasteiger partial charge on any atom is -0.310 e. The average molecular weight is 354 g/mol. The van der Waals surface area contributed by atoms with E-state index >= 15 is 0 Å². The Hall–Kier alpha value is -2.20. The number of anilines is 1. The van der Waals surface area contributed by atoms with Crippen LogP contribution in [0.15, 0.2) is 48.5 Å². The second-order valence-corrected chi connectivity index (χ2v) is 8.06. The molecule has 2 aromatic carbocycles. The molecule has 0 unspecified atom stereocenters. The number of carbonyl (C=O) groups is 1. The molecule has 0 bridgehead atoms. The minimum atomic E-state index is -0.235. The van der Waals surface area contributed by atoms with Crippen LogP contribution < -0.4 is 4.90 Å². The molecule has 0 saturated carbocycles. The van der Waals surface area contributed by atoms with E-state index in [0.29, 0.717) is 13.1 Å². The first-order valence-corrected chi connectivity index (χ1v) is 9.16. The number of piperazine rings is 1. The fourth-order valence-electron chi connectivity index (χ4n) is 3.35. The van der Waals surface area contributed by atoms with Gasteiger partial charge >= 0.3 is 0 Å². The molecule has 138 valence electrons. The van der Waals surface area contributed by atoms with Crippen LogP contribution in [0.2, 0.25) is 0 Å². The summed E-state index contributed by atoms with van der Waals surface area (Å²) in [7, 11) is 0. The summed E-state index contributed by atoms with van der Waals surface area (Å²) in [5.41, 5.74) is 3.34. The maximum Gasteiger partial charge on any atom is 0.244 e. The van der Waals surface area contributed by atoms with Gasteiger partial charge in [0.05, 0.1) is 6.04 Å². The Morgan fingerprint density at radius 1 is 1.00 bits per heavy atom. The van der Waals surface area contributed by atoms with Gasteiger partial charge in [0.25, 0.3) is 0 Å². The van der Waals surface area contributed by atoms with Crippen molar-refractivity contribution in [3.63, 3.8) is 0 Å². The van der Waals surface area contributed by atoms with Crippen LogP contribution in [0.25, 0.3) is 0 Å². The first-order chi connectivity index (χ1) is 12.3. The summed E-state index contributed by atoms with van der Waals surface area (Å²) >= 11 is 0. The molecule has 0 N–H and O–H groups in total. The van der Waals surface area contributed by atoms with Crippen molar-refractivity contribution < 1.29 is 9.18 Å². The largest absolute Gasteiger partial charge is 0.310 e. The van der Waals surface area contributed by atoms with Crippen molar-refractivity contribution in [2.75, 3.05) is 18.0 Å². The number of hydrogen-bond acceptors (Lipinski definition) is 2. The van der Waals surface area contributed by atoms with Gasteiger partial charge in [-0.25, -0.2) is 4.39 Å². The van der Waals surface area contributed by atoms with Crippen LogP contribution >= 0.6 is 0 Å². The van der Waals surface area contributed by atoms with Gasteiger partial charge in [0.2, 0.25) is 5.91 Å². The maximum absolute atomic E-state index is 13.1. The zero-order valence-corrected chi connectivity index (χ0v) is 16.0. The monoisotopic (exact) mass is 354 g/mol. The van der Waals surface area contributed by atoms with E-state index in [-0.39, 0.29) is 23.2 Å². The Morgan fingerprint density at radius 2 is 1.62 bits per heavy atom. The molecule has 3 rings (SSSR count). The van der Waals surface area contributed by atoms with Crippen molar-refractivity contribution in [3.8, 4) is 0 Å². The van der Waals surface area contributed by atoms with Gasteiger partial charge < -0.3 is 4.90 Å². The number of amides is 1. The highest BCUT2D eigenvalue weighted by atomic mass is 19.1. The predicted octanol–water partition coefficient (Wildman–Crippen LogP) is 4.36. The molecule has 0 spiro atoms. The van der Waals surface area contributed by atoms with Crippen molar-refractivity contribution in [1.29, 1.82) is 0 Å². The molecule has 0 aliphatic carbocycles. The Balaban J connectivity index is 1.70. The third kappa shape index (κ3) is 3.96. The van der Waals surface area contributed by atoms with Gasteiger partial charge in [-0.2, -0.15) is 0 Å². The van der Waals surface area contributed by atoms with Crippen molar-refractivity contribution in [1.82, 2.24) is 4.90 Å². The van der Waals surface area contributed by atoms with Crippen LogP contribution in [-0.4, -0.2) is 29.9 Å². The topological polar surface area (TPSA) is 23.6 Å². The first-order valence-electron chi connectivity index (χ1n) is 9.16. The molecule has 26 heavy (non-hydrogen) atoms. The Labute approximate surface area is 155 Å². The van der Waals surface area contributed by atoms with E-state index in [2.05, 4.69) is 37.8 Å². The summed E-state index contributed by atoms with van der Waals surface area (Å²) in [4.78, 5) is 16.9. The third-order valence-electron chi connectivity index (χ3n) is 5.13. The van der Waals surface area contributed by atoms with Crippen molar-refractivity contribution in [2.24, 2.45) is 0 Å². The van der Waals surface area contributed by atoms with E-state index in [9.17, 15) is 9.18 Å². The van der Waals surface area contributed by atoms with Crippen LogP contribution in [-0.2, 0) is 16.8 Å². The lowest BCUT2D eigenvalue weighted by molar-refractivity contribution is -0.125. The normalized spacial score (nSPS) is 19.0. The Kier molecular flexibility index (Phi) is 5.15. The smallest absolute Gasteiger partial charge is 0.244 e. The van der Waals surface area contributed by atoms with Gasteiger partial charge in [-0.15, -0.1) is 0 Å². The molecular weight excluding hydrogens is 327 g/mol. The average Bonchev–Trinajstić information content (AvgIpc) is 2.60. The van der Waals surface area contributed by atoms with E-state index in [0.717, 1.165) is 17.8 Å². The summed E-state index contributed by atoms with van der Waals surface area (Å²) in [6.07, 6.45) is 0. The molecule has 1 fully saturated rings. The van der Waals surface area contributed by atoms with Crippen molar-refractivity contribution >= 4 is 11.6 Å². The van der Waals surface area contributed by atoms with Crippen molar-refractivity contribution in [2.45, 2.75) is 45.7 Å². The summed E-state index contributed by atoms with van der Waals surface area (Å²) in [5, 5.41) is 0. The molecule has 1 atom stereocenters. The van der Waals surface area contributed by atoms with E-state index in [1.807, 2.05) is 24.0 Å². The zero-order chi connectivity index (χ0) is 18.9. The van der Waals surface area contributed by atoms with E-state index in [1.165, 1.54) is 17.7 Å². The van der Waals surface area contributed by atoms with Crippen LogP contribution in [0.1, 0.15) is 38.8 Å². The van der Waals surface area contributed by atoms with Crippen LogP contribution in [0, 0.1) is 5.82 Å². The van der Waals surface area contributed by atoms with Gasteiger partial charge in [-0.3, -0.25) is 9.69 Å². The SMILES string of the molecule is C[C@@H]1C(=O)N(c2ccc(C(C)(C)C)cc2)CCN1Cc1ccc(F)cc1. The van der Waals surface area contributed by atoms with E-state index in [1.54, 1.807) is 12.1 Å². The van der Waals surface area contributed by atoms with Gasteiger partial charge in [0, 0.05) is 25.3 Å². The van der Waals surface area contributed by atoms with Crippen LogP contribution in [0.5, 0.6) is 0 Å². The molecule has 1 heterocycles. The Bertz CT molecular complexity index is 762. The first kappa shape index (κ1) is 18.6. The highest BCUT2D eigenvalue weighted by molar-refractivity contribution is 5.97. The summed E-state index contributed by atoms with van der Waals surface area (Å²) in [5.74, 6) is -0.122. The minimum absolute atomic E-state index is 0.101. The maximum atomic E-state index is 13.1. The number of rotatable bonds is 3. The van der Waals surface area contributed by atoms with Crippen LogP contribution in [0.3, 0.4) is 0 Å². The quantitative estimate of drug-likeness (QED) is 0.818. The summed E-state index contributed by atoms with van der Waals surface area (Å²) in [6, 6.07) is 14.6. The fourth-order valence-corrected chi connectivity index (χ4v) is 3.35. The van der Waals surface area contributed by atoms with E-state index in [4.69, 9.17) is 0 Å². The number of benzene rings is 2. The number of halogens is 1. The molecule has 4 heteroatoms. The summed E-state index contributed by atoms with van der Waals surface area (Å²) < 4.78 is 13.1. The Morgan fingerprint density at radius 3 is 2.19 bits per heavy atom. The predicted molar refractivity (Wildman–Crippen MR) is 104 cm³/mol. The second kappa shape index (κ2) is 7.20. The van der Waals surface area contributed by atoms with Gasteiger partial charge in [0.1, 0.15) is 5.82 Å². The van der Waals surface area contributed by atoms with Crippen LogP contribution in [0.4, 0.5) is 10.1 Å². The molecule has 0 radical (unpaired) electrons. The molecule has 1 aliphatic heterocycles.